The minimum absolute atomic E-state index is 0.138. The number of carbonyl (C=O) groups is 1. The van der Waals surface area contributed by atoms with Crippen LogP contribution in [0.2, 0.25) is 0 Å². The molecule has 1 amide bonds. The fourth-order valence-corrected chi connectivity index (χ4v) is 3.34. The zero-order chi connectivity index (χ0) is 21.3. The van der Waals surface area contributed by atoms with Crippen molar-refractivity contribution in [1.82, 2.24) is 5.43 Å². The summed E-state index contributed by atoms with van der Waals surface area (Å²) in [4.78, 5) is 12.2. The number of rotatable bonds is 8. The van der Waals surface area contributed by atoms with Gasteiger partial charge in [0.25, 0.3) is 5.91 Å². The molecule has 0 saturated heterocycles. The Morgan fingerprint density at radius 1 is 1.03 bits per heavy atom. The number of hydrogen-bond acceptors (Lipinski definition) is 4. The van der Waals surface area contributed by atoms with E-state index in [2.05, 4.69) is 31.8 Å². The minimum Gasteiger partial charge on any atom is -0.488 e. The molecule has 0 atom stereocenters. The Labute approximate surface area is 185 Å². The first-order valence-electron chi connectivity index (χ1n) is 9.61. The molecule has 3 aromatic rings. The third-order valence-electron chi connectivity index (χ3n) is 4.51. The highest BCUT2D eigenvalue weighted by molar-refractivity contribution is 9.10. The largest absolute Gasteiger partial charge is 0.488 e. The molecule has 0 heterocycles. The Hall–Kier alpha value is -3.12. The number of nitrogens with one attached hydrogen (secondary N) is 2. The Balaban J connectivity index is 1.58. The average Bonchev–Trinajstić information content (AvgIpc) is 2.73. The highest BCUT2D eigenvalue weighted by atomic mass is 79.9. The normalized spacial score (nSPS) is 10.8. The van der Waals surface area contributed by atoms with Gasteiger partial charge < -0.3 is 10.1 Å². The van der Waals surface area contributed by atoms with Crippen molar-refractivity contribution < 1.29 is 9.53 Å². The molecule has 0 spiro atoms. The number of anilines is 1. The maximum Gasteiger partial charge on any atom is 0.259 e. The van der Waals surface area contributed by atoms with Crippen LogP contribution in [0.5, 0.6) is 5.75 Å². The van der Waals surface area contributed by atoms with Gasteiger partial charge in [-0.25, -0.2) is 5.43 Å². The molecule has 6 heteroatoms. The van der Waals surface area contributed by atoms with Crippen LogP contribution in [0.1, 0.15) is 22.3 Å². The fraction of sp³-hybridized carbons (Fsp3) is 0.167. The molecule has 0 aliphatic carbocycles. The Morgan fingerprint density at radius 2 is 1.77 bits per heavy atom. The fourth-order valence-electron chi connectivity index (χ4n) is 2.96. The topological polar surface area (TPSA) is 62.7 Å². The summed E-state index contributed by atoms with van der Waals surface area (Å²) in [6, 6.07) is 21.6. The second-order valence-corrected chi connectivity index (χ2v) is 7.79. The van der Waals surface area contributed by atoms with Gasteiger partial charge in [-0.1, -0.05) is 64.5 Å². The van der Waals surface area contributed by atoms with E-state index in [9.17, 15) is 4.79 Å². The van der Waals surface area contributed by atoms with Crippen LogP contribution in [-0.4, -0.2) is 18.7 Å². The summed E-state index contributed by atoms with van der Waals surface area (Å²) >= 11 is 3.46. The summed E-state index contributed by atoms with van der Waals surface area (Å²) in [5.41, 5.74) is 7.57. The first kappa shape index (κ1) is 21.6. The molecule has 0 radical (unpaired) electrons. The first-order valence-corrected chi connectivity index (χ1v) is 10.4. The maximum atomic E-state index is 12.2. The van der Waals surface area contributed by atoms with Crippen molar-refractivity contribution in [2.75, 3.05) is 11.9 Å². The van der Waals surface area contributed by atoms with Gasteiger partial charge in [-0.15, -0.1) is 0 Å². The Kier molecular flexibility index (Phi) is 7.63. The van der Waals surface area contributed by atoms with E-state index >= 15 is 0 Å². The van der Waals surface area contributed by atoms with Gasteiger partial charge in [0, 0.05) is 15.7 Å². The number of aryl methyl sites for hydroxylation is 2. The van der Waals surface area contributed by atoms with Crippen molar-refractivity contribution in [3.63, 3.8) is 0 Å². The molecule has 0 aliphatic rings. The standard InChI is InChI=1S/C24H24BrN3O2/c1-17-7-6-8-18(2)24(17)26-15-23(29)28-27-14-20-13-21(25)11-12-22(20)30-16-19-9-4-3-5-10-19/h3-14,26H,15-16H2,1-2H3,(H,28,29). The summed E-state index contributed by atoms with van der Waals surface area (Å²) in [7, 11) is 0. The molecule has 3 aromatic carbocycles. The predicted molar refractivity (Wildman–Crippen MR) is 125 cm³/mol. The van der Waals surface area contributed by atoms with Gasteiger partial charge in [0.05, 0.1) is 12.8 Å². The molecule has 0 aromatic heterocycles. The van der Waals surface area contributed by atoms with Gasteiger partial charge in [-0.2, -0.15) is 5.10 Å². The number of hydrogen-bond donors (Lipinski definition) is 2. The predicted octanol–water partition coefficient (Wildman–Crippen LogP) is 5.21. The maximum absolute atomic E-state index is 12.2. The van der Waals surface area contributed by atoms with Gasteiger partial charge in [-0.3, -0.25) is 4.79 Å². The summed E-state index contributed by atoms with van der Waals surface area (Å²) in [5.74, 6) is 0.462. The number of carbonyl (C=O) groups excluding carboxylic acids is 1. The number of amides is 1. The number of para-hydroxylation sites is 1. The third-order valence-corrected chi connectivity index (χ3v) is 5.00. The first-order chi connectivity index (χ1) is 14.5. The number of benzene rings is 3. The van der Waals surface area contributed by atoms with Crippen LogP contribution in [0, 0.1) is 13.8 Å². The summed E-state index contributed by atoms with van der Waals surface area (Å²) in [6.07, 6.45) is 1.59. The molecule has 30 heavy (non-hydrogen) atoms. The Bertz CT molecular complexity index is 1020. The van der Waals surface area contributed by atoms with Crippen molar-refractivity contribution in [3.8, 4) is 5.75 Å². The number of halogens is 1. The lowest BCUT2D eigenvalue weighted by Gasteiger charge is -2.11. The quantitative estimate of drug-likeness (QED) is 0.354. The summed E-state index contributed by atoms with van der Waals surface area (Å²) < 4.78 is 6.83. The van der Waals surface area contributed by atoms with Crippen molar-refractivity contribution in [2.45, 2.75) is 20.5 Å². The zero-order valence-electron chi connectivity index (χ0n) is 17.0. The molecule has 0 fully saturated rings. The van der Waals surface area contributed by atoms with Crippen molar-refractivity contribution in [1.29, 1.82) is 0 Å². The van der Waals surface area contributed by atoms with E-state index in [1.54, 1.807) is 6.21 Å². The van der Waals surface area contributed by atoms with Crippen molar-refractivity contribution in [3.05, 3.63) is 93.5 Å². The van der Waals surface area contributed by atoms with Crippen LogP contribution in [0.15, 0.2) is 76.3 Å². The van der Waals surface area contributed by atoms with Gasteiger partial charge in [-0.05, 0) is 48.7 Å². The third kappa shape index (κ3) is 6.19. The second kappa shape index (κ2) is 10.6. The Morgan fingerprint density at radius 3 is 2.50 bits per heavy atom. The minimum atomic E-state index is -0.226. The van der Waals surface area contributed by atoms with Crippen LogP contribution in [0.25, 0.3) is 0 Å². The summed E-state index contributed by atoms with van der Waals surface area (Å²) in [5, 5.41) is 7.26. The molecule has 3 rings (SSSR count). The lowest BCUT2D eigenvalue weighted by Crippen LogP contribution is -2.26. The van der Waals surface area contributed by atoms with Crippen LogP contribution in [0.3, 0.4) is 0 Å². The zero-order valence-corrected chi connectivity index (χ0v) is 18.6. The molecule has 2 N–H and O–H groups in total. The SMILES string of the molecule is Cc1cccc(C)c1NCC(=O)NN=Cc1cc(Br)ccc1OCc1ccccc1. The highest BCUT2D eigenvalue weighted by Crippen LogP contribution is 2.23. The molecule has 0 aliphatic heterocycles. The smallest absolute Gasteiger partial charge is 0.259 e. The molecule has 0 bridgehead atoms. The molecule has 154 valence electrons. The number of hydrazone groups is 1. The van der Waals surface area contributed by atoms with Gasteiger partial charge in [0.15, 0.2) is 0 Å². The van der Waals surface area contributed by atoms with E-state index in [0.29, 0.717) is 12.4 Å². The van der Waals surface area contributed by atoms with E-state index in [-0.39, 0.29) is 12.5 Å². The monoisotopic (exact) mass is 465 g/mol. The van der Waals surface area contributed by atoms with Crippen LogP contribution in [-0.2, 0) is 11.4 Å². The average molecular weight is 466 g/mol. The summed E-state index contributed by atoms with van der Waals surface area (Å²) in [6.45, 7) is 4.61. The van der Waals surface area contributed by atoms with Gasteiger partial charge in [0.2, 0.25) is 0 Å². The van der Waals surface area contributed by atoms with E-state index in [0.717, 1.165) is 32.4 Å². The van der Waals surface area contributed by atoms with Crippen molar-refractivity contribution >= 4 is 33.7 Å². The van der Waals surface area contributed by atoms with Crippen molar-refractivity contribution in [2.24, 2.45) is 5.10 Å². The van der Waals surface area contributed by atoms with E-state index < -0.39 is 0 Å². The molecule has 0 unspecified atom stereocenters. The lowest BCUT2D eigenvalue weighted by atomic mass is 10.1. The van der Waals surface area contributed by atoms with E-state index in [4.69, 9.17) is 4.74 Å². The molecule has 0 saturated carbocycles. The lowest BCUT2D eigenvalue weighted by molar-refractivity contribution is -0.119. The van der Waals surface area contributed by atoms with E-state index in [1.165, 1.54) is 0 Å². The molecule has 5 nitrogen and oxygen atoms in total. The number of ether oxygens (including phenoxy) is 1. The van der Waals surface area contributed by atoms with Crippen LogP contribution in [0.4, 0.5) is 5.69 Å². The highest BCUT2D eigenvalue weighted by Gasteiger charge is 2.06. The van der Waals surface area contributed by atoms with Crippen LogP contribution < -0.4 is 15.5 Å². The van der Waals surface area contributed by atoms with Gasteiger partial charge >= 0.3 is 0 Å². The second-order valence-electron chi connectivity index (χ2n) is 6.87. The molecular formula is C24H24BrN3O2. The number of nitrogens with zero attached hydrogens (tertiary/aromatic N) is 1. The van der Waals surface area contributed by atoms with Gasteiger partial charge in [0.1, 0.15) is 12.4 Å². The van der Waals surface area contributed by atoms with Crippen LogP contribution >= 0.6 is 15.9 Å². The molecular weight excluding hydrogens is 442 g/mol. The van der Waals surface area contributed by atoms with E-state index in [1.807, 2.05) is 80.6 Å².